The Hall–Kier alpha value is -2.56. The molecule has 420 valence electrons. The zero-order chi connectivity index (χ0) is 52.7. The van der Waals surface area contributed by atoms with Crippen LogP contribution in [0.25, 0.3) is 0 Å². The molecule has 0 aromatic rings. The third-order valence-electron chi connectivity index (χ3n) is 12.7. The van der Waals surface area contributed by atoms with E-state index in [4.69, 9.17) is 23.3 Å². The molecule has 0 radical (unpaired) electrons. The van der Waals surface area contributed by atoms with Gasteiger partial charge in [0.05, 0.1) is 19.8 Å². The van der Waals surface area contributed by atoms with Gasteiger partial charge in [0, 0.05) is 19.3 Å². The number of esters is 3. The van der Waals surface area contributed by atoms with E-state index in [0.717, 1.165) is 96.3 Å². The first-order valence-electron chi connectivity index (χ1n) is 29.5. The van der Waals surface area contributed by atoms with Crippen LogP contribution in [0.5, 0.6) is 0 Å². The molecule has 0 aromatic carbocycles. The van der Waals surface area contributed by atoms with Crippen molar-refractivity contribution in [2.75, 3.05) is 26.4 Å². The summed E-state index contributed by atoms with van der Waals surface area (Å²) >= 11 is 0. The molecule has 12 heteroatoms. The number of unbranched alkanes of at least 4 members (excludes halogenated alkanes) is 30. The maximum absolute atomic E-state index is 12.9. The van der Waals surface area contributed by atoms with E-state index in [2.05, 4.69) is 69.4 Å². The Kier molecular flexibility index (Phi) is 52.7. The lowest BCUT2D eigenvalue weighted by Gasteiger charge is -2.21. The molecule has 0 aliphatic rings. The molecule has 0 aliphatic carbocycles. The number of aliphatic hydroxyl groups is 1. The van der Waals surface area contributed by atoms with E-state index in [1.165, 1.54) is 122 Å². The van der Waals surface area contributed by atoms with Crippen molar-refractivity contribution in [3.63, 3.8) is 0 Å². The number of phosphoric ester groups is 1. The molecule has 11 nitrogen and oxygen atoms in total. The molecule has 0 heterocycles. The van der Waals surface area contributed by atoms with Crippen LogP contribution in [0.3, 0.4) is 0 Å². The van der Waals surface area contributed by atoms with Gasteiger partial charge in [0.15, 0.2) is 6.10 Å². The minimum absolute atomic E-state index is 0.165. The van der Waals surface area contributed by atoms with Gasteiger partial charge in [0.1, 0.15) is 12.7 Å². The van der Waals surface area contributed by atoms with Crippen LogP contribution >= 0.6 is 7.82 Å². The van der Waals surface area contributed by atoms with Crippen molar-refractivity contribution in [2.45, 2.75) is 290 Å². The van der Waals surface area contributed by atoms with Gasteiger partial charge in [-0.05, 0) is 77.0 Å². The van der Waals surface area contributed by atoms with Crippen molar-refractivity contribution in [1.82, 2.24) is 0 Å². The number of carbonyl (C=O) groups excluding carboxylic acids is 3. The summed E-state index contributed by atoms with van der Waals surface area (Å²) in [6.07, 6.45) is 57.9. The SMILES string of the molecule is CC/C=C\C/C=C\C/C=C\CCCCCC(=O)OCC(COP(=O)(O)OCC(CO)OC(=O)CCCCCCC/C=C\CCCCCCCC)OC(=O)CCCCCCCCCCCCCCCCCCC. The maximum Gasteiger partial charge on any atom is 0.472 e. The molecule has 0 spiro atoms. The molecule has 0 aromatic heterocycles. The Bertz CT molecular complexity index is 1400. The molecule has 0 bridgehead atoms. The molecule has 3 atom stereocenters. The molecule has 0 saturated heterocycles. The van der Waals surface area contributed by atoms with Crippen LogP contribution in [0.15, 0.2) is 48.6 Å². The fraction of sp³-hybridized carbons (Fsp3) is 0.817. The van der Waals surface area contributed by atoms with Gasteiger partial charge >= 0.3 is 25.7 Å². The van der Waals surface area contributed by atoms with Gasteiger partial charge < -0.3 is 24.2 Å². The summed E-state index contributed by atoms with van der Waals surface area (Å²) in [4.78, 5) is 48.5. The highest BCUT2D eigenvalue weighted by molar-refractivity contribution is 7.47. The van der Waals surface area contributed by atoms with Gasteiger partial charge in [-0.2, -0.15) is 0 Å². The molecule has 3 unspecified atom stereocenters. The van der Waals surface area contributed by atoms with E-state index in [0.29, 0.717) is 19.3 Å². The van der Waals surface area contributed by atoms with Gasteiger partial charge in [-0.3, -0.25) is 23.4 Å². The van der Waals surface area contributed by atoms with Gasteiger partial charge in [-0.1, -0.05) is 230 Å². The lowest BCUT2D eigenvalue weighted by Crippen LogP contribution is -2.30. The molecule has 0 rings (SSSR count). The van der Waals surface area contributed by atoms with E-state index < -0.39 is 57.8 Å². The predicted molar refractivity (Wildman–Crippen MR) is 298 cm³/mol. The minimum Gasteiger partial charge on any atom is -0.462 e. The summed E-state index contributed by atoms with van der Waals surface area (Å²) in [7, 11) is -4.75. The lowest BCUT2D eigenvalue weighted by atomic mass is 10.0. The third kappa shape index (κ3) is 52.3. The highest BCUT2D eigenvalue weighted by Gasteiger charge is 2.28. The zero-order valence-corrected chi connectivity index (χ0v) is 47.3. The summed E-state index contributed by atoms with van der Waals surface area (Å²) in [6.45, 7) is 4.52. The number of hydrogen-bond donors (Lipinski definition) is 2. The van der Waals surface area contributed by atoms with Crippen molar-refractivity contribution in [3.05, 3.63) is 48.6 Å². The Balaban J connectivity index is 4.71. The standard InChI is InChI=1S/C60H109O11P/c1-4-7-10-13-16-19-22-25-27-28-30-33-36-39-42-45-48-51-60(64)71-57(53-67-58(62)49-46-43-40-37-34-31-24-21-18-15-12-9-6-3)55-69-72(65,66)68-54-56(52-61)70-59(63)50-47-44-41-38-35-32-29-26-23-20-17-14-11-8-5-2/h9,12,18,21,26,29,31,34,56-57,61H,4-8,10-11,13-17,19-20,22-25,27-28,30,32-33,35-55H2,1-3H3,(H,65,66)/b12-9-,21-18-,29-26-,34-31-. The van der Waals surface area contributed by atoms with Crippen LogP contribution < -0.4 is 0 Å². The van der Waals surface area contributed by atoms with Crippen LogP contribution in [-0.4, -0.2) is 66.5 Å². The van der Waals surface area contributed by atoms with Crippen LogP contribution in [0.2, 0.25) is 0 Å². The average Bonchev–Trinajstić information content (AvgIpc) is 3.37. The Labute approximate surface area is 441 Å². The van der Waals surface area contributed by atoms with Crippen molar-refractivity contribution in [2.24, 2.45) is 0 Å². The molecule has 0 saturated carbocycles. The summed E-state index contributed by atoms with van der Waals surface area (Å²) in [5, 5.41) is 9.81. The van der Waals surface area contributed by atoms with Crippen LogP contribution in [0, 0.1) is 0 Å². The monoisotopic (exact) mass is 1040 g/mol. The number of carbonyl (C=O) groups is 3. The first-order valence-corrected chi connectivity index (χ1v) is 31.0. The first-order chi connectivity index (χ1) is 35.2. The number of ether oxygens (including phenoxy) is 3. The van der Waals surface area contributed by atoms with Crippen LogP contribution in [0.4, 0.5) is 0 Å². The van der Waals surface area contributed by atoms with Crippen molar-refractivity contribution >= 4 is 25.7 Å². The molecule has 2 N–H and O–H groups in total. The normalized spacial score (nSPS) is 13.7. The highest BCUT2D eigenvalue weighted by Crippen LogP contribution is 2.43. The molecule has 72 heavy (non-hydrogen) atoms. The number of allylic oxidation sites excluding steroid dienone is 8. The van der Waals surface area contributed by atoms with Gasteiger partial charge in [0.2, 0.25) is 0 Å². The Morgan fingerprint density at radius 2 is 0.722 bits per heavy atom. The van der Waals surface area contributed by atoms with E-state index in [1.807, 2.05) is 0 Å². The van der Waals surface area contributed by atoms with Gasteiger partial charge in [-0.15, -0.1) is 0 Å². The molecular formula is C60H109O11P. The average molecular weight is 1040 g/mol. The summed E-state index contributed by atoms with van der Waals surface area (Å²) < 4.78 is 39.5. The third-order valence-corrected chi connectivity index (χ3v) is 13.7. The van der Waals surface area contributed by atoms with Crippen molar-refractivity contribution in [1.29, 1.82) is 0 Å². The van der Waals surface area contributed by atoms with E-state index in [9.17, 15) is 28.9 Å². The Morgan fingerprint density at radius 3 is 1.14 bits per heavy atom. The number of phosphoric acid groups is 1. The molecule has 0 fully saturated rings. The topological polar surface area (TPSA) is 155 Å². The van der Waals surface area contributed by atoms with Crippen molar-refractivity contribution in [3.8, 4) is 0 Å². The second kappa shape index (κ2) is 54.7. The molecule has 0 amide bonds. The minimum atomic E-state index is -4.75. The fourth-order valence-corrected chi connectivity index (χ4v) is 9.03. The lowest BCUT2D eigenvalue weighted by molar-refractivity contribution is -0.161. The van der Waals surface area contributed by atoms with Gasteiger partial charge in [0.25, 0.3) is 0 Å². The summed E-state index contributed by atoms with van der Waals surface area (Å²) in [5.41, 5.74) is 0. The van der Waals surface area contributed by atoms with Crippen molar-refractivity contribution < 1.29 is 52.2 Å². The molecular weight excluding hydrogens is 928 g/mol. The quantitative estimate of drug-likeness (QED) is 0.0197. The van der Waals surface area contributed by atoms with E-state index in [-0.39, 0.29) is 25.9 Å². The zero-order valence-electron chi connectivity index (χ0n) is 46.4. The number of hydrogen-bond acceptors (Lipinski definition) is 10. The summed E-state index contributed by atoms with van der Waals surface area (Å²) in [6, 6.07) is 0. The second-order valence-corrected chi connectivity index (χ2v) is 21.2. The number of rotatable bonds is 55. The summed E-state index contributed by atoms with van der Waals surface area (Å²) in [5.74, 6) is -1.49. The largest absolute Gasteiger partial charge is 0.472 e. The fourth-order valence-electron chi connectivity index (χ4n) is 8.25. The Morgan fingerprint density at radius 1 is 0.403 bits per heavy atom. The first kappa shape index (κ1) is 69.4. The van der Waals surface area contributed by atoms with Gasteiger partial charge in [-0.25, -0.2) is 4.57 Å². The predicted octanol–water partition coefficient (Wildman–Crippen LogP) is 17.4. The maximum atomic E-state index is 12.9. The number of aliphatic hydroxyl groups excluding tert-OH is 1. The van der Waals surface area contributed by atoms with Crippen LogP contribution in [-0.2, 0) is 42.2 Å². The molecule has 0 aliphatic heterocycles. The van der Waals surface area contributed by atoms with E-state index >= 15 is 0 Å². The van der Waals surface area contributed by atoms with Crippen LogP contribution in [0.1, 0.15) is 278 Å². The highest BCUT2D eigenvalue weighted by atomic mass is 31.2. The second-order valence-electron chi connectivity index (χ2n) is 19.8. The smallest absolute Gasteiger partial charge is 0.462 e. The van der Waals surface area contributed by atoms with E-state index in [1.54, 1.807) is 0 Å².